The van der Waals surface area contributed by atoms with Gasteiger partial charge in [0.05, 0.1) is 0 Å². The molecule has 0 atom stereocenters. The van der Waals surface area contributed by atoms with Crippen LogP contribution in [0.25, 0.3) is 5.69 Å². The van der Waals surface area contributed by atoms with Gasteiger partial charge in [-0.1, -0.05) is 37.3 Å². The third-order valence-corrected chi connectivity index (χ3v) is 5.43. The van der Waals surface area contributed by atoms with Gasteiger partial charge in [-0.25, -0.2) is 0 Å². The fraction of sp³-hybridized carbons (Fsp3) is 0.304. The standard InChI is InChI=1S/C23H26N4O3/c1-2-25-12-14-26(15-13-25)21-9-8-20(23(29)24-21)27-11-10-19(16-22(27)28)30-17-18-6-4-3-5-7-18/h3-11,16H,2,12-15,17H2,1H3,(H,24,29). The number of benzene rings is 1. The second kappa shape index (κ2) is 9.00. The van der Waals surface area contributed by atoms with Gasteiger partial charge in [0.1, 0.15) is 23.9 Å². The van der Waals surface area contributed by atoms with Crippen molar-refractivity contribution < 1.29 is 4.74 Å². The molecule has 0 spiro atoms. The lowest BCUT2D eigenvalue weighted by Gasteiger charge is -2.35. The number of rotatable bonds is 6. The van der Waals surface area contributed by atoms with Crippen molar-refractivity contribution in [3.63, 3.8) is 0 Å². The van der Waals surface area contributed by atoms with E-state index in [0.29, 0.717) is 18.0 Å². The topological polar surface area (TPSA) is 70.6 Å². The largest absolute Gasteiger partial charge is 0.489 e. The fourth-order valence-corrected chi connectivity index (χ4v) is 3.63. The van der Waals surface area contributed by atoms with Gasteiger partial charge in [0.25, 0.3) is 11.1 Å². The number of anilines is 1. The van der Waals surface area contributed by atoms with E-state index in [2.05, 4.69) is 21.7 Å². The van der Waals surface area contributed by atoms with E-state index in [1.54, 1.807) is 18.3 Å². The third-order valence-electron chi connectivity index (χ3n) is 5.43. The van der Waals surface area contributed by atoms with Crippen molar-refractivity contribution in [3.05, 3.63) is 87.1 Å². The van der Waals surface area contributed by atoms with Gasteiger partial charge in [0.15, 0.2) is 0 Å². The lowest BCUT2D eigenvalue weighted by atomic mass is 10.2. The van der Waals surface area contributed by atoms with E-state index in [1.165, 1.54) is 10.6 Å². The normalized spacial score (nSPS) is 14.6. The Morgan fingerprint density at radius 1 is 0.967 bits per heavy atom. The van der Waals surface area contributed by atoms with Crippen molar-refractivity contribution >= 4 is 5.82 Å². The Bertz CT molecular complexity index is 1100. The maximum atomic E-state index is 12.7. The molecule has 1 N–H and O–H groups in total. The van der Waals surface area contributed by atoms with Gasteiger partial charge in [-0.3, -0.25) is 14.2 Å². The molecule has 7 heteroatoms. The molecule has 30 heavy (non-hydrogen) atoms. The smallest absolute Gasteiger partial charge is 0.273 e. The minimum atomic E-state index is -0.310. The fourth-order valence-electron chi connectivity index (χ4n) is 3.63. The molecular weight excluding hydrogens is 380 g/mol. The molecule has 3 aromatic rings. The molecule has 0 amide bonds. The van der Waals surface area contributed by atoms with Crippen LogP contribution in [0, 0.1) is 0 Å². The molecule has 0 unspecified atom stereocenters. The zero-order valence-electron chi connectivity index (χ0n) is 17.1. The maximum absolute atomic E-state index is 12.7. The molecule has 156 valence electrons. The van der Waals surface area contributed by atoms with E-state index in [1.807, 2.05) is 36.4 Å². The van der Waals surface area contributed by atoms with E-state index >= 15 is 0 Å². The summed E-state index contributed by atoms with van der Waals surface area (Å²) in [7, 11) is 0. The van der Waals surface area contributed by atoms with Crippen LogP contribution in [0.3, 0.4) is 0 Å². The number of ether oxygens (including phenoxy) is 1. The van der Waals surface area contributed by atoms with E-state index in [0.717, 1.165) is 44.1 Å². The first kappa shape index (κ1) is 20.0. The summed E-state index contributed by atoms with van der Waals surface area (Å²) in [5.41, 5.74) is 0.722. The lowest BCUT2D eigenvalue weighted by Crippen LogP contribution is -2.46. The number of hydrogen-bond donors (Lipinski definition) is 1. The molecule has 4 rings (SSSR count). The summed E-state index contributed by atoms with van der Waals surface area (Å²) in [5.74, 6) is 1.26. The van der Waals surface area contributed by atoms with Gasteiger partial charge in [-0.2, -0.15) is 0 Å². The van der Waals surface area contributed by atoms with Crippen molar-refractivity contribution in [2.24, 2.45) is 0 Å². The van der Waals surface area contributed by atoms with Crippen molar-refractivity contribution in [1.29, 1.82) is 0 Å². The van der Waals surface area contributed by atoms with E-state index in [4.69, 9.17) is 4.74 Å². The molecule has 3 heterocycles. The second-order valence-electron chi connectivity index (χ2n) is 7.32. The molecule has 0 bridgehead atoms. The Kier molecular flexibility index (Phi) is 5.99. The Balaban J connectivity index is 1.48. The number of hydrogen-bond acceptors (Lipinski definition) is 5. The highest BCUT2D eigenvalue weighted by Crippen LogP contribution is 2.14. The Hall–Kier alpha value is -3.32. The number of H-pyrrole nitrogens is 1. The quantitative estimate of drug-likeness (QED) is 0.680. The van der Waals surface area contributed by atoms with Gasteiger partial charge in [0, 0.05) is 38.4 Å². The van der Waals surface area contributed by atoms with Crippen LogP contribution in [0.4, 0.5) is 5.82 Å². The summed E-state index contributed by atoms with van der Waals surface area (Å²) in [6.07, 6.45) is 1.58. The number of piperazine rings is 1. The minimum Gasteiger partial charge on any atom is -0.489 e. The van der Waals surface area contributed by atoms with Crippen LogP contribution in [-0.2, 0) is 6.61 Å². The number of aromatic nitrogens is 2. The van der Waals surface area contributed by atoms with Crippen LogP contribution < -0.4 is 20.8 Å². The van der Waals surface area contributed by atoms with Crippen molar-refractivity contribution in [1.82, 2.24) is 14.5 Å². The molecule has 0 aliphatic carbocycles. The van der Waals surface area contributed by atoms with Crippen LogP contribution in [0.15, 0.2) is 70.4 Å². The summed E-state index contributed by atoms with van der Waals surface area (Å²) >= 11 is 0. The summed E-state index contributed by atoms with van der Waals surface area (Å²) < 4.78 is 7.04. The zero-order chi connectivity index (χ0) is 20.9. The lowest BCUT2D eigenvalue weighted by molar-refractivity contribution is 0.270. The SMILES string of the molecule is CCN1CCN(c2ccc(-n3ccc(OCc4ccccc4)cc3=O)c(=O)[nH]2)CC1. The third kappa shape index (κ3) is 4.46. The Morgan fingerprint density at radius 3 is 2.40 bits per heavy atom. The number of likely N-dealkylation sites (N-methyl/N-ethyl adjacent to an activating group) is 1. The van der Waals surface area contributed by atoms with E-state index in [-0.39, 0.29) is 11.1 Å². The molecule has 1 fully saturated rings. The van der Waals surface area contributed by atoms with E-state index < -0.39 is 0 Å². The second-order valence-corrected chi connectivity index (χ2v) is 7.32. The van der Waals surface area contributed by atoms with Gasteiger partial charge in [-0.05, 0) is 30.3 Å². The molecular formula is C23H26N4O3. The van der Waals surface area contributed by atoms with Crippen LogP contribution in [-0.4, -0.2) is 47.2 Å². The summed E-state index contributed by atoms with van der Waals surface area (Å²) in [6, 6.07) is 16.4. The molecule has 0 radical (unpaired) electrons. The average Bonchev–Trinajstić information content (AvgIpc) is 2.79. The van der Waals surface area contributed by atoms with Crippen molar-refractivity contribution in [2.45, 2.75) is 13.5 Å². The van der Waals surface area contributed by atoms with Crippen LogP contribution >= 0.6 is 0 Å². The molecule has 2 aromatic heterocycles. The van der Waals surface area contributed by atoms with Crippen LogP contribution in [0.2, 0.25) is 0 Å². The molecule has 7 nitrogen and oxygen atoms in total. The van der Waals surface area contributed by atoms with Crippen molar-refractivity contribution in [2.75, 3.05) is 37.6 Å². The Morgan fingerprint density at radius 2 is 1.73 bits per heavy atom. The monoisotopic (exact) mass is 406 g/mol. The first-order chi connectivity index (χ1) is 14.6. The predicted molar refractivity (Wildman–Crippen MR) is 118 cm³/mol. The number of pyridine rings is 2. The highest BCUT2D eigenvalue weighted by atomic mass is 16.5. The molecule has 1 aromatic carbocycles. The van der Waals surface area contributed by atoms with Gasteiger partial charge < -0.3 is 19.5 Å². The Labute approximate surface area is 175 Å². The van der Waals surface area contributed by atoms with Crippen LogP contribution in [0.5, 0.6) is 5.75 Å². The van der Waals surface area contributed by atoms with E-state index in [9.17, 15) is 9.59 Å². The minimum absolute atomic E-state index is 0.287. The summed E-state index contributed by atoms with van der Waals surface area (Å²) in [6.45, 7) is 7.27. The molecule has 1 aliphatic rings. The van der Waals surface area contributed by atoms with Gasteiger partial charge in [0.2, 0.25) is 0 Å². The first-order valence-corrected chi connectivity index (χ1v) is 10.2. The van der Waals surface area contributed by atoms with Gasteiger partial charge >= 0.3 is 0 Å². The van der Waals surface area contributed by atoms with Gasteiger partial charge in [-0.15, -0.1) is 0 Å². The number of nitrogens with one attached hydrogen (secondary N) is 1. The number of aromatic amines is 1. The first-order valence-electron chi connectivity index (χ1n) is 10.2. The highest BCUT2D eigenvalue weighted by molar-refractivity contribution is 5.44. The maximum Gasteiger partial charge on any atom is 0.273 e. The van der Waals surface area contributed by atoms with Crippen molar-refractivity contribution in [3.8, 4) is 11.4 Å². The highest BCUT2D eigenvalue weighted by Gasteiger charge is 2.17. The molecule has 1 aliphatic heterocycles. The number of nitrogens with zero attached hydrogens (tertiary/aromatic N) is 3. The predicted octanol–water partition coefficient (Wildman–Crippen LogP) is 2.25. The molecule has 0 saturated carbocycles. The molecule has 1 saturated heterocycles. The summed E-state index contributed by atoms with van der Waals surface area (Å²) in [5, 5.41) is 0. The zero-order valence-corrected chi connectivity index (χ0v) is 17.1. The summed E-state index contributed by atoms with van der Waals surface area (Å²) in [4.78, 5) is 32.7. The van der Waals surface area contributed by atoms with Crippen LogP contribution in [0.1, 0.15) is 12.5 Å². The average molecular weight is 406 g/mol.